The number of hydrogen-bond acceptors (Lipinski definition) is 9. The Hall–Kier alpha value is -3.08. The number of carbonyl (C=O) groups is 3. The van der Waals surface area contributed by atoms with Crippen molar-refractivity contribution in [3.63, 3.8) is 0 Å². The molecule has 0 spiro atoms. The Bertz CT molecular complexity index is 826. The van der Waals surface area contributed by atoms with Crippen LogP contribution in [0.2, 0.25) is 0 Å². The molecular weight excluding hydrogens is 402 g/mol. The fourth-order valence-electron chi connectivity index (χ4n) is 2.22. The van der Waals surface area contributed by atoms with Crippen LogP contribution in [0.25, 0.3) is 0 Å². The smallest absolute Gasteiger partial charge is 0.344 e. The number of nitrogens with zero attached hydrogens (tertiary/aromatic N) is 2. The summed E-state index contributed by atoms with van der Waals surface area (Å²) in [4.78, 5) is 33.8. The number of amidine groups is 1. The van der Waals surface area contributed by atoms with Gasteiger partial charge in [-0.05, 0) is 37.6 Å². The highest BCUT2D eigenvalue weighted by Crippen LogP contribution is 2.28. The van der Waals surface area contributed by atoms with E-state index in [2.05, 4.69) is 15.5 Å². The van der Waals surface area contributed by atoms with Crippen LogP contribution >= 0.6 is 11.8 Å². The molecule has 0 saturated carbocycles. The van der Waals surface area contributed by atoms with Gasteiger partial charge in [0.2, 0.25) is 5.91 Å². The number of esters is 1. The van der Waals surface area contributed by atoms with Gasteiger partial charge in [0.05, 0.1) is 25.8 Å². The Morgan fingerprint density at radius 1 is 1.24 bits per heavy atom. The third-order valence-corrected chi connectivity index (χ3v) is 4.48. The van der Waals surface area contributed by atoms with E-state index in [-0.39, 0.29) is 24.8 Å². The maximum Gasteiger partial charge on any atom is 0.344 e. The molecule has 1 atom stereocenters. The van der Waals surface area contributed by atoms with Gasteiger partial charge in [-0.25, -0.2) is 4.79 Å². The fraction of sp³-hybridized carbons (Fsp3) is 0.389. The van der Waals surface area contributed by atoms with E-state index in [9.17, 15) is 14.4 Å². The average Bonchev–Trinajstić information content (AvgIpc) is 3.00. The fourth-order valence-corrected chi connectivity index (χ4v) is 3.14. The molecule has 2 N–H and O–H groups in total. The number of ether oxygens (including phenoxy) is 3. The van der Waals surface area contributed by atoms with Crippen LogP contribution in [0.4, 0.5) is 0 Å². The molecular formula is C18H21N3O7S. The molecule has 0 aliphatic carbocycles. The van der Waals surface area contributed by atoms with E-state index in [1.807, 2.05) is 6.92 Å². The minimum absolute atomic E-state index is 0.233. The lowest BCUT2D eigenvalue weighted by Gasteiger charge is -2.12. The quantitative estimate of drug-likeness (QED) is 0.328. The second kappa shape index (κ2) is 11.1. The van der Waals surface area contributed by atoms with Crippen LogP contribution in [0, 0.1) is 0 Å². The molecule has 10 nitrogen and oxygen atoms in total. The number of carboxylic acid groups (broad SMARTS) is 1. The predicted octanol–water partition coefficient (Wildman–Crippen LogP) is 1.42. The van der Waals surface area contributed by atoms with Crippen molar-refractivity contribution in [2.75, 3.05) is 19.8 Å². The Labute approximate surface area is 171 Å². The minimum Gasteiger partial charge on any atom is -0.490 e. The molecule has 1 fully saturated rings. The first kappa shape index (κ1) is 22.2. The van der Waals surface area contributed by atoms with Crippen molar-refractivity contribution >= 4 is 41.0 Å². The zero-order valence-corrected chi connectivity index (χ0v) is 16.7. The molecule has 2 rings (SSSR count). The molecule has 0 aromatic heterocycles. The SMILES string of the molecule is CCOC(=O)COc1ccc(C=NN=C2NC(=O)C(CC(=O)O)S2)cc1OCC. The Morgan fingerprint density at radius 2 is 2.03 bits per heavy atom. The second-order valence-electron chi connectivity index (χ2n) is 5.58. The van der Waals surface area contributed by atoms with Crippen molar-refractivity contribution in [1.29, 1.82) is 0 Å². The molecule has 1 heterocycles. The lowest BCUT2D eigenvalue weighted by atomic mass is 10.2. The molecule has 0 radical (unpaired) electrons. The molecule has 0 bridgehead atoms. The van der Waals surface area contributed by atoms with E-state index in [0.29, 0.717) is 23.7 Å². The molecule has 1 aliphatic heterocycles. The number of thioether (sulfide) groups is 1. The Morgan fingerprint density at radius 3 is 2.72 bits per heavy atom. The summed E-state index contributed by atoms with van der Waals surface area (Å²) in [6.07, 6.45) is 1.16. The summed E-state index contributed by atoms with van der Waals surface area (Å²) >= 11 is 1.02. The predicted molar refractivity (Wildman–Crippen MR) is 107 cm³/mol. The van der Waals surface area contributed by atoms with Crippen LogP contribution in [0.1, 0.15) is 25.8 Å². The van der Waals surface area contributed by atoms with Crippen LogP contribution in [-0.4, -0.2) is 59.4 Å². The number of aliphatic carboxylic acids is 1. The van der Waals surface area contributed by atoms with Crippen LogP contribution in [-0.2, 0) is 19.1 Å². The zero-order chi connectivity index (χ0) is 21.2. The number of rotatable bonds is 10. The maximum atomic E-state index is 11.7. The van der Waals surface area contributed by atoms with Crippen molar-refractivity contribution in [3.8, 4) is 11.5 Å². The molecule has 1 aromatic carbocycles. The normalized spacial score (nSPS) is 17.4. The Balaban J connectivity index is 2.03. The summed E-state index contributed by atoms with van der Waals surface area (Å²) in [5.41, 5.74) is 0.651. The first-order valence-corrected chi connectivity index (χ1v) is 9.66. The van der Waals surface area contributed by atoms with Crippen molar-refractivity contribution in [3.05, 3.63) is 23.8 Å². The van der Waals surface area contributed by atoms with Gasteiger partial charge in [-0.15, -0.1) is 5.10 Å². The molecule has 1 saturated heterocycles. The molecule has 1 aromatic rings. The van der Waals surface area contributed by atoms with Crippen LogP contribution < -0.4 is 14.8 Å². The second-order valence-corrected chi connectivity index (χ2v) is 6.77. The van der Waals surface area contributed by atoms with Gasteiger partial charge in [-0.3, -0.25) is 9.59 Å². The highest BCUT2D eigenvalue weighted by Gasteiger charge is 2.32. The molecule has 29 heavy (non-hydrogen) atoms. The summed E-state index contributed by atoms with van der Waals surface area (Å²) in [6, 6.07) is 5.00. The van der Waals surface area contributed by atoms with Gasteiger partial charge in [0.1, 0.15) is 5.25 Å². The van der Waals surface area contributed by atoms with Crippen molar-refractivity contribution < 1.29 is 33.7 Å². The standard InChI is InChI=1S/C18H21N3O7S/c1-3-26-13-7-11(5-6-12(13)28-10-16(24)27-4-2)9-19-21-18-20-17(25)14(29-18)8-15(22)23/h5-7,9,14H,3-4,8,10H2,1-2H3,(H,22,23)(H,20,21,25). The number of nitrogens with one attached hydrogen (secondary N) is 1. The van der Waals surface area contributed by atoms with Crippen molar-refractivity contribution in [2.45, 2.75) is 25.5 Å². The molecule has 1 amide bonds. The van der Waals surface area contributed by atoms with E-state index in [4.69, 9.17) is 19.3 Å². The first-order chi connectivity index (χ1) is 13.9. The minimum atomic E-state index is -1.06. The van der Waals surface area contributed by atoms with Gasteiger partial charge in [-0.1, -0.05) is 11.8 Å². The van der Waals surface area contributed by atoms with Gasteiger partial charge < -0.3 is 24.6 Å². The first-order valence-electron chi connectivity index (χ1n) is 8.78. The van der Waals surface area contributed by atoms with Crippen molar-refractivity contribution in [1.82, 2.24) is 5.32 Å². The lowest BCUT2D eigenvalue weighted by Crippen LogP contribution is -2.26. The molecule has 11 heteroatoms. The zero-order valence-electron chi connectivity index (χ0n) is 15.9. The largest absolute Gasteiger partial charge is 0.490 e. The summed E-state index contributed by atoms with van der Waals surface area (Å²) in [5.74, 6) is -1.13. The maximum absolute atomic E-state index is 11.7. The molecule has 1 aliphatic rings. The summed E-state index contributed by atoms with van der Waals surface area (Å²) < 4.78 is 15.8. The van der Waals surface area contributed by atoms with Crippen LogP contribution in [0.5, 0.6) is 11.5 Å². The monoisotopic (exact) mass is 423 g/mol. The third kappa shape index (κ3) is 7.11. The van der Waals surface area contributed by atoms with Gasteiger partial charge >= 0.3 is 11.9 Å². The van der Waals surface area contributed by atoms with E-state index in [1.165, 1.54) is 6.21 Å². The third-order valence-electron chi connectivity index (χ3n) is 3.41. The number of hydrogen-bond donors (Lipinski definition) is 2. The molecule has 156 valence electrons. The summed E-state index contributed by atoms with van der Waals surface area (Å²) in [5, 5.41) is 18.6. The topological polar surface area (TPSA) is 136 Å². The van der Waals surface area contributed by atoms with Crippen molar-refractivity contribution in [2.24, 2.45) is 10.2 Å². The highest BCUT2D eigenvalue weighted by molar-refractivity contribution is 8.15. The summed E-state index contributed by atoms with van der Waals surface area (Å²) in [7, 11) is 0. The lowest BCUT2D eigenvalue weighted by molar-refractivity contribution is -0.145. The van der Waals surface area contributed by atoms with E-state index in [1.54, 1.807) is 25.1 Å². The van der Waals surface area contributed by atoms with Gasteiger partial charge in [0.15, 0.2) is 23.3 Å². The van der Waals surface area contributed by atoms with E-state index >= 15 is 0 Å². The van der Waals surface area contributed by atoms with Crippen LogP contribution in [0.15, 0.2) is 28.4 Å². The van der Waals surface area contributed by atoms with E-state index in [0.717, 1.165) is 11.8 Å². The number of carbonyl (C=O) groups excluding carboxylic acids is 2. The van der Waals surface area contributed by atoms with Crippen LogP contribution in [0.3, 0.4) is 0 Å². The van der Waals surface area contributed by atoms with E-state index < -0.39 is 23.1 Å². The summed E-state index contributed by atoms with van der Waals surface area (Å²) in [6.45, 7) is 3.96. The number of amides is 1. The van der Waals surface area contributed by atoms with Gasteiger partial charge in [0.25, 0.3) is 0 Å². The highest BCUT2D eigenvalue weighted by atomic mass is 32.2. The number of carboxylic acids is 1. The van der Waals surface area contributed by atoms with Gasteiger partial charge in [0, 0.05) is 0 Å². The Kier molecular flexibility index (Phi) is 8.46. The number of benzene rings is 1. The molecule has 1 unspecified atom stereocenters. The average molecular weight is 423 g/mol. The van der Waals surface area contributed by atoms with Gasteiger partial charge in [-0.2, -0.15) is 5.10 Å².